The van der Waals surface area contributed by atoms with E-state index in [1.807, 2.05) is 13.8 Å². The van der Waals surface area contributed by atoms with Crippen molar-refractivity contribution < 1.29 is 14.7 Å². The van der Waals surface area contributed by atoms with Gasteiger partial charge in [-0.1, -0.05) is 57.6 Å². The van der Waals surface area contributed by atoms with Crippen molar-refractivity contribution in [3.8, 4) is 0 Å². The summed E-state index contributed by atoms with van der Waals surface area (Å²) in [6, 6.07) is 0. The second-order valence-electron chi connectivity index (χ2n) is 7.12. The first-order chi connectivity index (χ1) is 12.6. The van der Waals surface area contributed by atoms with Crippen LogP contribution in [0.1, 0.15) is 97.8 Å². The molecule has 4 nitrogen and oxygen atoms in total. The van der Waals surface area contributed by atoms with Crippen LogP contribution in [0.4, 0.5) is 0 Å². The fourth-order valence-corrected chi connectivity index (χ4v) is 3.25. The number of allylic oxidation sites excluding steroid dienone is 2. The second kappa shape index (κ2) is 17.1. The van der Waals surface area contributed by atoms with Crippen molar-refractivity contribution in [3.63, 3.8) is 0 Å². The summed E-state index contributed by atoms with van der Waals surface area (Å²) in [5.74, 6) is -1.23. The zero-order valence-electron chi connectivity index (χ0n) is 17.3. The molecule has 4 heteroatoms. The van der Waals surface area contributed by atoms with Gasteiger partial charge in [-0.05, 0) is 46.0 Å². The summed E-state index contributed by atoms with van der Waals surface area (Å²) < 4.78 is 0. The molecule has 0 aromatic heterocycles. The maximum absolute atomic E-state index is 12.4. The molecule has 0 aliphatic heterocycles. The van der Waals surface area contributed by atoms with Crippen molar-refractivity contribution in [2.45, 2.75) is 97.8 Å². The molecule has 1 amide bonds. The van der Waals surface area contributed by atoms with Gasteiger partial charge in [-0.2, -0.15) is 0 Å². The molecule has 0 radical (unpaired) electrons. The van der Waals surface area contributed by atoms with E-state index in [1.54, 1.807) is 4.90 Å². The third-order valence-electron chi connectivity index (χ3n) is 4.91. The van der Waals surface area contributed by atoms with Crippen LogP contribution in [0, 0.1) is 5.92 Å². The molecule has 0 aromatic carbocycles. The van der Waals surface area contributed by atoms with Crippen LogP contribution in [0.5, 0.6) is 0 Å². The van der Waals surface area contributed by atoms with Crippen molar-refractivity contribution in [2.75, 3.05) is 13.1 Å². The summed E-state index contributed by atoms with van der Waals surface area (Å²) in [4.78, 5) is 25.2. The number of hydrogen-bond acceptors (Lipinski definition) is 2. The lowest BCUT2D eigenvalue weighted by atomic mass is 9.95. The van der Waals surface area contributed by atoms with E-state index < -0.39 is 5.97 Å². The van der Waals surface area contributed by atoms with Gasteiger partial charge in [0, 0.05) is 19.0 Å². The summed E-state index contributed by atoms with van der Waals surface area (Å²) >= 11 is 0. The fraction of sp³-hybridized carbons (Fsp3) is 0.818. The van der Waals surface area contributed by atoms with Gasteiger partial charge in [-0.25, -0.2) is 0 Å². The number of aliphatic carboxylic acids is 1. The summed E-state index contributed by atoms with van der Waals surface area (Å²) in [6.07, 6.45) is 17.2. The van der Waals surface area contributed by atoms with Gasteiger partial charge in [0.15, 0.2) is 0 Å². The van der Waals surface area contributed by atoms with Crippen LogP contribution in [-0.2, 0) is 9.59 Å². The number of amides is 1. The van der Waals surface area contributed by atoms with Crippen molar-refractivity contribution in [3.05, 3.63) is 12.2 Å². The van der Waals surface area contributed by atoms with Gasteiger partial charge < -0.3 is 10.0 Å². The third kappa shape index (κ3) is 13.0. The molecule has 0 heterocycles. The van der Waals surface area contributed by atoms with Crippen molar-refractivity contribution in [2.24, 2.45) is 5.92 Å². The molecule has 0 rings (SSSR count). The number of carbonyl (C=O) groups excluding carboxylic acids is 1. The normalized spacial score (nSPS) is 12.4. The Labute approximate surface area is 161 Å². The Hall–Kier alpha value is -1.32. The van der Waals surface area contributed by atoms with Crippen LogP contribution in [0.15, 0.2) is 12.2 Å². The van der Waals surface area contributed by atoms with E-state index in [1.165, 1.54) is 44.9 Å². The first kappa shape index (κ1) is 24.7. The maximum Gasteiger partial charge on any atom is 0.304 e. The number of carboxylic acids is 1. The number of unbranched alkanes of at least 4 members (excludes halogenated alkanes) is 8. The Morgan fingerprint density at radius 3 is 1.92 bits per heavy atom. The van der Waals surface area contributed by atoms with E-state index in [0.717, 1.165) is 19.3 Å². The molecule has 0 fully saturated rings. The van der Waals surface area contributed by atoms with Gasteiger partial charge in [0.25, 0.3) is 0 Å². The molecule has 0 saturated carbocycles. The SMILES string of the molecule is CCCCC/C=C/CCCCCCCC(CC(=O)O)C(=O)N(CC)CC. The van der Waals surface area contributed by atoms with E-state index in [0.29, 0.717) is 19.5 Å². The highest BCUT2D eigenvalue weighted by atomic mass is 16.4. The van der Waals surface area contributed by atoms with Gasteiger partial charge in [0.1, 0.15) is 0 Å². The summed E-state index contributed by atoms with van der Waals surface area (Å²) in [5.41, 5.74) is 0. The van der Waals surface area contributed by atoms with Gasteiger partial charge >= 0.3 is 5.97 Å². The number of carboxylic acid groups (broad SMARTS) is 1. The Kier molecular flexibility index (Phi) is 16.2. The Morgan fingerprint density at radius 1 is 0.846 bits per heavy atom. The number of carbonyl (C=O) groups is 2. The minimum atomic E-state index is -0.874. The molecule has 0 aromatic rings. The average Bonchev–Trinajstić information content (AvgIpc) is 2.62. The summed E-state index contributed by atoms with van der Waals surface area (Å²) in [5, 5.41) is 9.07. The number of rotatable bonds is 17. The molecule has 1 atom stereocenters. The first-order valence-electron chi connectivity index (χ1n) is 10.7. The zero-order chi connectivity index (χ0) is 19.6. The maximum atomic E-state index is 12.4. The highest BCUT2D eigenvalue weighted by Crippen LogP contribution is 2.18. The lowest BCUT2D eigenvalue weighted by Crippen LogP contribution is -2.36. The molecule has 0 aliphatic rings. The van der Waals surface area contributed by atoms with Gasteiger partial charge in [0.2, 0.25) is 5.91 Å². The van der Waals surface area contributed by atoms with Crippen molar-refractivity contribution >= 4 is 11.9 Å². The van der Waals surface area contributed by atoms with Crippen LogP contribution in [-0.4, -0.2) is 35.0 Å². The van der Waals surface area contributed by atoms with Gasteiger partial charge in [0.05, 0.1) is 6.42 Å². The molecule has 26 heavy (non-hydrogen) atoms. The van der Waals surface area contributed by atoms with Crippen LogP contribution in [0.3, 0.4) is 0 Å². The molecule has 1 N–H and O–H groups in total. The summed E-state index contributed by atoms with van der Waals surface area (Å²) in [7, 11) is 0. The van der Waals surface area contributed by atoms with Crippen LogP contribution < -0.4 is 0 Å². The average molecular weight is 368 g/mol. The zero-order valence-corrected chi connectivity index (χ0v) is 17.3. The molecule has 0 saturated heterocycles. The van der Waals surface area contributed by atoms with E-state index >= 15 is 0 Å². The van der Waals surface area contributed by atoms with E-state index in [9.17, 15) is 9.59 Å². The molecule has 152 valence electrons. The van der Waals surface area contributed by atoms with Gasteiger partial charge in [-0.15, -0.1) is 0 Å². The fourth-order valence-electron chi connectivity index (χ4n) is 3.25. The second-order valence-corrected chi connectivity index (χ2v) is 7.12. The number of hydrogen-bond donors (Lipinski definition) is 1. The molecule has 1 unspecified atom stereocenters. The third-order valence-corrected chi connectivity index (χ3v) is 4.91. The largest absolute Gasteiger partial charge is 0.481 e. The standard InChI is InChI=1S/C22H41NO3/c1-4-7-8-9-10-11-12-13-14-15-16-17-18-20(19-21(24)25)22(26)23(5-2)6-3/h10-11,20H,4-9,12-19H2,1-3H3,(H,24,25)/b11-10+. The first-order valence-corrected chi connectivity index (χ1v) is 10.7. The topological polar surface area (TPSA) is 57.6 Å². The lowest BCUT2D eigenvalue weighted by molar-refractivity contribution is -0.144. The van der Waals surface area contributed by atoms with Crippen LogP contribution >= 0.6 is 0 Å². The Bertz CT molecular complexity index is 389. The number of nitrogens with zero attached hydrogens (tertiary/aromatic N) is 1. The minimum Gasteiger partial charge on any atom is -0.481 e. The van der Waals surface area contributed by atoms with Crippen LogP contribution in [0.2, 0.25) is 0 Å². The lowest BCUT2D eigenvalue weighted by Gasteiger charge is -2.24. The molecule has 0 aliphatic carbocycles. The molecule has 0 bridgehead atoms. The Morgan fingerprint density at radius 2 is 1.38 bits per heavy atom. The highest BCUT2D eigenvalue weighted by Gasteiger charge is 2.24. The van der Waals surface area contributed by atoms with E-state index in [-0.39, 0.29) is 18.2 Å². The minimum absolute atomic E-state index is 0.00519. The Balaban J connectivity index is 3.88. The molecule has 0 spiro atoms. The van der Waals surface area contributed by atoms with Crippen molar-refractivity contribution in [1.82, 2.24) is 4.90 Å². The smallest absolute Gasteiger partial charge is 0.304 e. The monoisotopic (exact) mass is 367 g/mol. The highest BCUT2D eigenvalue weighted by molar-refractivity contribution is 5.83. The predicted octanol–water partition coefficient (Wildman–Crippen LogP) is 5.81. The van der Waals surface area contributed by atoms with Gasteiger partial charge in [-0.3, -0.25) is 9.59 Å². The quantitative estimate of drug-likeness (QED) is 0.260. The predicted molar refractivity (Wildman–Crippen MR) is 109 cm³/mol. The molecular formula is C22H41NO3. The van der Waals surface area contributed by atoms with Crippen molar-refractivity contribution in [1.29, 1.82) is 0 Å². The van der Waals surface area contributed by atoms with Crippen LogP contribution in [0.25, 0.3) is 0 Å². The molecular weight excluding hydrogens is 326 g/mol. The van der Waals surface area contributed by atoms with E-state index in [4.69, 9.17) is 5.11 Å². The van der Waals surface area contributed by atoms with E-state index in [2.05, 4.69) is 19.1 Å². The summed E-state index contributed by atoms with van der Waals surface area (Å²) in [6.45, 7) is 7.41.